The summed E-state index contributed by atoms with van der Waals surface area (Å²) in [5.41, 5.74) is 2.34. The number of fused-ring (bicyclic) bond motifs is 8. The van der Waals surface area contributed by atoms with Crippen molar-refractivity contribution in [2.45, 2.75) is 111 Å². The van der Waals surface area contributed by atoms with Crippen molar-refractivity contribution in [1.29, 1.82) is 0 Å². The van der Waals surface area contributed by atoms with Gasteiger partial charge < -0.3 is 25.3 Å². The van der Waals surface area contributed by atoms with Crippen LogP contribution in [0.4, 0.5) is 0 Å². The van der Waals surface area contributed by atoms with E-state index in [1.165, 1.54) is 5.57 Å². The van der Waals surface area contributed by atoms with Crippen LogP contribution in [-0.4, -0.2) is 82.0 Å². The van der Waals surface area contributed by atoms with E-state index < -0.39 is 23.0 Å². The van der Waals surface area contributed by atoms with Gasteiger partial charge in [0.2, 0.25) is 5.78 Å². The highest BCUT2D eigenvalue weighted by atomic mass is 16.3. The van der Waals surface area contributed by atoms with Gasteiger partial charge in [0.15, 0.2) is 5.76 Å². The molecule has 47 heavy (non-hydrogen) atoms. The molecule has 8 nitrogen and oxygen atoms in total. The van der Waals surface area contributed by atoms with Gasteiger partial charge in [-0.2, -0.15) is 0 Å². The first-order valence-corrected chi connectivity index (χ1v) is 18.0. The Balaban J connectivity index is 0.00000190. The van der Waals surface area contributed by atoms with E-state index in [2.05, 4.69) is 57.0 Å². The number of β-amino-alcohol motifs (C(OH)–C–C–N with tert-alkyl or cyclic N) is 1. The van der Waals surface area contributed by atoms with Crippen LogP contribution < -0.4 is 5.32 Å². The maximum atomic E-state index is 13.5. The molecular formula is C39H57N3O5. The minimum atomic E-state index is -0.933. The molecule has 0 aromatic rings. The van der Waals surface area contributed by atoms with Crippen LogP contribution in [0.5, 0.6) is 0 Å². The molecule has 2 heterocycles. The quantitative estimate of drug-likeness (QED) is 0.318. The molecule has 0 radical (unpaired) electrons. The van der Waals surface area contributed by atoms with Crippen molar-refractivity contribution in [3.05, 3.63) is 46.3 Å². The first-order valence-electron chi connectivity index (χ1n) is 18.0. The molecule has 2 saturated heterocycles. The number of rotatable bonds is 1. The lowest BCUT2D eigenvalue weighted by Crippen LogP contribution is -2.65. The predicted molar refractivity (Wildman–Crippen MR) is 183 cm³/mol. The average molecular weight is 648 g/mol. The van der Waals surface area contributed by atoms with E-state index >= 15 is 0 Å². The molecule has 0 bridgehead atoms. The zero-order valence-corrected chi connectivity index (χ0v) is 30.2. The van der Waals surface area contributed by atoms with Crippen molar-refractivity contribution in [2.75, 3.05) is 33.2 Å². The Morgan fingerprint density at radius 2 is 1.62 bits per heavy atom. The fourth-order valence-corrected chi connectivity index (χ4v) is 11.5. The van der Waals surface area contributed by atoms with E-state index in [1.54, 1.807) is 11.0 Å². The fraction of sp³-hybridized carbons (Fsp3) is 0.718. The van der Waals surface area contributed by atoms with E-state index in [-0.39, 0.29) is 45.7 Å². The third-order valence-electron chi connectivity index (χ3n) is 14.5. The van der Waals surface area contributed by atoms with Crippen molar-refractivity contribution < 1.29 is 24.6 Å². The van der Waals surface area contributed by atoms with Crippen molar-refractivity contribution >= 4 is 17.6 Å². The lowest BCUT2D eigenvalue weighted by atomic mass is 9.35. The molecule has 3 saturated carbocycles. The van der Waals surface area contributed by atoms with Gasteiger partial charge in [0.25, 0.3) is 0 Å². The largest absolute Gasteiger partial charge is 0.504 e. The number of likely N-dealkylation sites (tertiary alicyclic amines) is 2. The van der Waals surface area contributed by atoms with Gasteiger partial charge in [-0.25, -0.2) is 0 Å². The highest BCUT2D eigenvalue weighted by molar-refractivity contribution is 6.35. The second kappa shape index (κ2) is 10.9. The molecule has 258 valence electrons. The number of ketones is 1. The molecule has 5 aliphatic carbocycles. The third-order valence-corrected chi connectivity index (χ3v) is 14.5. The lowest BCUT2D eigenvalue weighted by Gasteiger charge is -2.70. The molecule has 7 unspecified atom stereocenters. The standard InChI is InChI=1S/C37H51N3O5.C2H6/c1-22-24-8-9-27-34(4,25(24)16-26(41)29(22)42)13-15-36(6)28-17-33(3,12-10-32(28,2)11-14-35(27,36)5)38-30(43)31(44)40-19-23-18-39(7)20-37(23,45)21-40;1-2/h8-9,16,23,28,42,45H,10-15,17-21H2,1-7H3,(H,38,43);1-2H3/t23?,28?,32?,33?,34?,35?,36-,37?;/m0./s1. The van der Waals surface area contributed by atoms with Crippen LogP contribution in [0, 0.1) is 33.5 Å². The number of aliphatic hydroxyl groups is 2. The van der Waals surface area contributed by atoms with Crippen LogP contribution in [0.1, 0.15) is 100 Å². The van der Waals surface area contributed by atoms with Gasteiger partial charge in [0.05, 0.1) is 6.54 Å². The van der Waals surface area contributed by atoms with Gasteiger partial charge in [-0.15, -0.1) is 0 Å². The first-order chi connectivity index (χ1) is 21.9. The average Bonchev–Trinajstić information content (AvgIpc) is 3.48. The smallest absolute Gasteiger partial charge is 0.312 e. The summed E-state index contributed by atoms with van der Waals surface area (Å²) in [5, 5.41) is 24.7. The van der Waals surface area contributed by atoms with Gasteiger partial charge in [0, 0.05) is 42.1 Å². The normalized spacial score (nSPS) is 44.0. The SMILES string of the molecule is CC.CC1=C(O)C(=O)C=C2C1=CC=C1C2(C)CC[C@@]2(C)C3CC(C)(NC(=O)C(=O)N4CC5CN(C)CC5(O)C4)CCC3(C)CCC12C. The fourth-order valence-electron chi connectivity index (χ4n) is 11.5. The van der Waals surface area contributed by atoms with E-state index in [9.17, 15) is 24.6 Å². The van der Waals surface area contributed by atoms with E-state index in [0.717, 1.165) is 62.6 Å². The summed E-state index contributed by atoms with van der Waals surface area (Å²) in [6, 6.07) is 0. The zero-order chi connectivity index (χ0) is 34.5. The topological polar surface area (TPSA) is 110 Å². The van der Waals surface area contributed by atoms with Crippen LogP contribution >= 0.6 is 0 Å². The van der Waals surface area contributed by atoms with Crippen LogP contribution in [-0.2, 0) is 14.4 Å². The zero-order valence-electron chi connectivity index (χ0n) is 30.2. The van der Waals surface area contributed by atoms with Gasteiger partial charge >= 0.3 is 11.8 Å². The van der Waals surface area contributed by atoms with Crippen LogP contribution in [0.25, 0.3) is 0 Å². The Kier molecular flexibility index (Phi) is 7.92. The van der Waals surface area contributed by atoms with Crippen molar-refractivity contribution in [2.24, 2.45) is 33.5 Å². The molecule has 2 aliphatic heterocycles. The number of nitrogens with zero attached hydrogens (tertiary/aromatic N) is 2. The highest BCUT2D eigenvalue weighted by Crippen LogP contribution is 2.75. The first kappa shape index (κ1) is 34.2. The predicted octanol–water partition coefficient (Wildman–Crippen LogP) is 5.64. The van der Waals surface area contributed by atoms with Gasteiger partial charge in [0.1, 0.15) is 5.60 Å². The molecule has 0 aromatic carbocycles. The number of hydrogen-bond donors (Lipinski definition) is 3. The van der Waals surface area contributed by atoms with Gasteiger partial charge in [-0.05, 0) is 105 Å². The molecule has 5 fully saturated rings. The molecule has 2 amide bonds. The Labute approximate surface area is 281 Å². The molecule has 0 spiro atoms. The Bertz CT molecular complexity index is 1540. The number of allylic oxidation sites excluding steroid dienone is 7. The Morgan fingerprint density at radius 1 is 0.936 bits per heavy atom. The minimum absolute atomic E-state index is 0.0183. The van der Waals surface area contributed by atoms with Crippen molar-refractivity contribution in [3.8, 4) is 0 Å². The number of likely N-dealkylation sites (N-methyl/N-ethyl adjacent to an activating group) is 1. The summed E-state index contributed by atoms with van der Waals surface area (Å²) < 4.78 is 0. The number of amides is 2. The molecule has 7 rings (SSSR count). The molecule has 7 aliphatic rings. The summed E-state index contributed by atoms with van der Waals surface area (Å²) in [7, 11) is 1.98. The summed E-state index contributed by atoms with van der Waals surface area (Å²) >= 11 is 0. The molecule has 0 aromatic heterocycles. The second-order valence-corrected chi connectivity index (χ2v) is 17.2. The summed E-state index contributed by atoms with van der Waals surface area (Å²) in [6.45, 7) is 19.5. The monoisotopic (exact) mass is 647 g/mol. The molecule has 8 atom stereocenters. The number of carbonyl (C=O) groups excluding carboxylic acids is 3. The third kappa shape index (κ3) is 4.78. The number of hydrogen-bond acceptors (Lipinski definition) is 6. The summed E-state index contributed by atoms with van der Waals surface area (Å²) in [5.74, 6) is -1.21. The van der Waals surface area contributed by atoms with E-state index in [0.29, 0.717) is 24.6 Å². The molecule has 3 N–H and O–H groups in total. The Morgan fingerprint density at radius 3 is 2.30 bits per heavy atom. The number of carbonyl (C=O) groups is 3. The van der Waals surface area contributed by atoms with Crippen molar-refractivity contribution in [1.82, 2.24) is 15.1 Å². The highest BCUT2D eigenvalue weighted by Gasteiger charge is 2.67. The van der Waals surface area contributed by atoms with E-state index in [1.807, 2.05) is 27.8 Å². The van der Waals surface area contributed by atoms with Gasteiger partial charge in [-0.1, -0.05) is 59.3 Å². The maximum Gasteiger partial charge on any atom is 0.312 e. The van der Waals surface area contributed by atoms with E-state index in [4.69, 9.17) is 0 Å². The van der Waals surface area contributed by atoms with Crippen LogP contribution in [0.15, 0.2) is 46.3 Å². The van der Waals surface area contributed by atoms with Gasteiger partial charge in [-0.3, -0.25) is 14.4 Å². The number of aliphatic hydroxyl groups excluding tert-OH is 1. The summed E-state index contributed by atoms with van der Waals surface area (Å²) in [4.78, 5) is 43.4. The van der Waals surface area contributed by atoms with Crippen LogP contribution in [0.2, 0.25) is 0 Å². The minimum Gasteiger partial charge on any atom is -0.504 e. The second-order valence-electron chi connectivity index (χ2n) is 17.2. The molecule has 8 heteroatoms. The summed E-state index contributed by atoms with van der Waals surface area (Å²) in [6.07, 6.45) is 12.8. The van der Waals surface area contributed by atoms with Crippen LogP contribution in [0.3, 0.4) is 0 Å². The Hall–Kier alpha value is -2.71. The molecular weight excluding hydrogens is 590 g/mol. The number of nitrogens with one attached hydrogen (secondary N) is 1. The maximum absolute atomic E-state index is 13.5. The lowest BCUT2D eigenvalue weighted by molar-refractivity contribution is -0.159. The van der Waals surface area contributed by atoms with Crippen molar-refractivity contribution in [3.63, 3.8) is 0 Å².